The summed E-state index contributed by atoms with van der Waals surface area (Å²) in [5.74, 6) is -2.21. The first-order valence-corrected chi connectivity index (χ1v) is 9.75. The molecule has 1 fully saturated rings. The number of hydrogen-bond donors (Lipinski definition) is 1. The average Bonchev–Trinajstić information content (AvgIpc) is 2.63. The van der Waals surface area contributed by atoms with E-state index < -0.39 is 32.5 Å². The summed E-state index contributed by atoms with van der Waals surface area (Å²) in [7, 11) is -4.08. The highest BCUT2D eigenvalue weighted by atomic mass is 35.5. The van der Waals surface area contributed by atoms with Crippen LogP contribution < -0.4 is 5.32 Å². The van der Waals surface area contributed by atoms with Gasteiger partial charge in [-0.25, -0.2) is 17.2 Å². The van der Waals surface area contributed by atoms with E-state index in [0.29, 0.717) is 0 Å². The highest BCUT2D eigenvalue weighted by molar-refractivity contribution is 7.89. The minimum atomic E-state index is -4.08. The molecule has 6 nitrogen and oxygen atoms in total. The van der Waals surface area contributed by atoms with Crippen LogP contribution in [0.5, 0.6) is 0 Å². The molecule has 10 heteroatoms. The molecule has 0 atom stereocenters. The van der Waals surface area contributed by atoms with E-state index >= 15 is 0 Å². The highest BCUT2D eigenvalue weighted by Gasteiger charge is 2.29. The van der Waals surface area contributed by atoms with E-state index in [9.17, 15) is 22.0 Å². The van der Waals surface area contributed by atoms with E-state index in [1.165, 1.54) is 12.1 Å². The molecule has 1 aliphatic heterocycles. The Hall–Kier alpha value is -2.07. The number of ether oxygens (including phenoxy) is 1. The van der Waals surface area contributed by atoms with Crippen molar-refractivity contribution in [3.63, 3.8) is 0 Å². The van der Waals surface area contributed by atoms with E-state index in [1.807, 2.05) is 0 Å². The minimum Gasteiger partial charge on any atom is -0.379 e. The lowest BCUT2D eigenvalue weighted by molar-refractivity contribution is 0.0729. The van der Waals surface area contributed by atoms with Crippen molar-refractivity contribution in [3.8, 4) is 0 Å². The van der Waals surface area contributed by atoms with E-state index in [-0.39, 0.29) is 42.6 Å². The van der Waals surface area contributed by atoms with Gasteiger partial charge in [-0.05, 0) is 36.4 Å². The molecule has 2 aromatic rings. The second-order valence-corrected chi connectivity index (χ2v) is 8.05. The molecule has 0 bridgehead atoms. The largest absolute Gasteiger partial charge is 0.379 e. The molecule has 1 N–H and O–H groups in total. The number of carbonyl (C=O) groups is 1. The number of nitrogens with one attached hydrogen (secondary N) is 1. The van der Waals surface area contributed by atoms with Crippen LogP contribution in [0.1, 0.15) is 10.4 Å². The zero-order valence-corrected chi connectivity index (χ0v) is 15.5. The lowest BCUT2D eigenvalue weighted by Crippen LogP contribution is -2.40. The number of nitrogens with zero attached hydrogens (tertiary/aromatic N) is 1. The second-order valence-electron chi connectivity index (χ2n) is 5.74. The van der Waals surface area contributed by atoms with E-state index in [4.69, 9.17) is 16.3 Å². The normalized spacial score (nSPS) is 15.5. The predicted octanol–water partition coefficient (Wildman–Crippen LogP) is 2.89. The van der Waals surface area contributed by atoms with Gasteiger partial charge in [-0.2, -0.15) is 4.31 Å². The molecule has 0 aliphatic carbocycles. The van der Waals surface area contributed by atoms with Gasteiger partial charge >= 0.3 is 0 Å². The Kier molecular flexibility index (Phi) is 5.75. The highest BCUT2D eigenvalue weighted by Crippen LogP contribution is 2.25. The first-order chi connectivity index (χ1) is 12.8. The van der Waals surface area contributed by atoms with Crippen molar-refractivity contribution in [2.24, 2.45) is 0 Å². The van der Waals surface area contributed by atoms with Gasteiger partial charge in [0.15, 0.2) is 0 Å². The molecule has 0 unspecified atom stereocenters. The van der Waals surface area contributed by atoms with Crippen LogP contribution in [0.25, 0.3) is 0 Å². The van der Waals surface area contributed by atoms with Crippen LogP contribution in [0.15, 0.2) is 41.3 Å². The molecule has 144 valence electrons. The maximum atomic E-state index is 14.2. The number of amides is 1. The standard InChI is InChI=1S/C17H15ClF2N2O4S/c18-14-9-11(19)1-3-13(14)17(23)21-12-2-4-15(20)16(10-12)27(24,25)22-5-7-26-8-6-22/h1-4,9-10H,5-8H2,(H,21,23). The molecule has 0 aromatic heterocycles. The molecule has 0 radical (unpaired) electrons. The molecule has 0 saturated carbocycles. The summed E-state index contributed by atoms with van der Waals surface area (Å²) in [5, 5.41) is 2.34. The van der Waals surface area contributed by atoms with Crippen molar-refractivity contribution in [2.75, 3.05) is 31.6 Å². The molecule has 1 saturated heterocycles. The fourth-order valence-electron chi connectivity index (χ4n) is 2.58. The number of halogens is 3. The van der Waals surface area contributed by atoms with Gasteiger partial charge in [0, 0.05) is 18.8 Å². The van der Waals surface area contributed by atoms with Crippen LogP contribution >= 0.6 is 11.6 Å². The minimum absolute atomic E-state index is 0.0000203. The molecule has 3 rings (SSSR count). The van der Waals surface area contributed by atoms with Gasteiger partial charge in [0.25, 0.3) is 5.91 Å². The lowest BCUT2D eigenvalue weighted by Gasteiger charge is -2.26. The molecule has 1 heterocycles. The third kappa shape index (κ3) is 4.27. The smallest absolute Gasteiger partial charge is 0.257 e. The van der Waals surface area contributed by atoms with Crippen LogP contribution in [-0.4, -0.2) is 44.9 Å². The van der Waals surface area contributed by atoms with Crippen molar-refractivity contribution >= 4 is 33.2 Å². The molecule has 2 aromatic carbocycles. The molecule has 1 amide bonds. The SMILES string of the molecule is O=C(Nc1ccc(F)c(S(=O)(=O)N2CCOCC2)c1)c1ccc(F)cc1Cl. The van der Waals surface area contributed by atoms with Crippen molar-refractivity contribution in [2.45, 2.75) is 4.90 Å². The lowest BCUT2D eigenvalue weighted by atomic mass is 10.2. The van der Waals surface area contributed by atoms with Crippen LogP contribution in [0.4, 0.5) is 14.5 Å². The average molecular weight is 417 g/mol. The second kappa shape index (κ2) is 7.89. The van der Waals surface area contributed by atoms with Crippen molar-refractivity contribution in [1.29, 1.82) is 0 Å². The Bertz CT molecular complexity index is 979. The summed E-state index contributed by atoms with van der Waals surface area (Å²) in [6.45, 7) is 0.674. The molecule has 27 heavy (non-hydrogen) atoms. The summed E-state index contributed by atoms with van der Waals surface area (Å²) < 4.78 is 58.8. The fourth-order valence-corrected chi connectivity index (χ4v) is 4.33. The topological polar surface area (TPSA) is 75.7 Å². The van der Waals surface area contributed by atoms with E-state index in [2.05, 4.69) is 5.32 Å². The third-order valence-corrected chi connectivity index (χ3v) is 6.18. The number of sulfonamides is 1. The number of rotatable bonds is 4. The molecular weight excluding hydrogens is 402 g/mol. The van der Waals surface area contributed by atoms with Gasteiger partial charge in [0.1, 0.15) is 16.5 Å². The fraction of sp³-hybridized carbons (Fsp3) is 0.235. The number of morpholine rings is 1. The van der Waals surface area contributed by atoms with Gasteiger partial charge in [0.05, 0.1) is 23.8 Å². The molecule has 1 aliphatic rings. The maximum absolute atomic E-state index is 14.2. The summed E-state index contributed by atoms with van der Waals surface area (Å²) in [6.07, 6.45) is 0. The van der Waals surface area contributed by atoms with Crippen LogP contribution in [0.2, 0.25) is 5.02 Å². The molecular formula is C17H15ClF2N2O4S. The van der Waals surface area contributed by atoms with Gasteiger partial charge in [0.2, 0.25) is 10.0 Å². The summed E-state index contributed by atoms with van der Waals surface area (Å²) in [6, 6.07) is 6.46. The zero-order chi connectivity index (χ0) is 19.6. The van der Waals surface area contributed by atoms with Gasteiger partial charge in [-0.3, -0.25) is 4.79 Å². The van der Waals surface area contributed by atoms with Gasteiger partial charge < -0.3 is 10.1 Å². The number of carbonyl (C=O) groups excluding carboxylic acids is 1. The van der Waals surface area contributed by atoms with Crippen molar-refractivity contribution in [3.05, 3.63) is 58.6 Å². The number of benzene rings is 2. The Balaban J connectivity index is 1.88. The van der Waals surface area contributed by atoms with Crippen molar-refractivity contribution < 1.29 is 26.7 Å². The molecule has 0 spiro atoms. The first-order valence-electron chi connectivity index (χ1n) is 7.93. The van der Waals surface area contributed by atoms with E-state index in [0.717, 1.165) is 28.6 Å². The van der Waals surface area contributed by atoms with Crippen molar-refractivity contribution in [1.82, 2.24) is 4.31 Å². The Morgan fingerprint density at radius 1 is 1.11 bits per heavy atom. The monoisotopic (exact) mass is 416 g/mol. The maximum Gasteiger partial charge on any atom is 0.257 e. The van der Waals surface area contributed by atoms with Crippen LogP contribution in [0, 0.1) is 11.6 Å². The zero-order valence-electron chi connectivity index (χ0n) is 13.9. The quantitative estimate of drug-likeness (QED) is 0.831. The van der Waals surface area contributed by atoms with Gasteiger partial charge in [-0.15, -0.1) is 0 Å². The summed E-state index contributed by atoms with van der Waals surface area (Å²) >= 11 is 5.85. The number of anilines is 1. The summed E-state index contributed by atoms with van der Waals surface area (Å²) in [5.41, 5.74) is 0.0635. The van der Waals surface area contributed by atoms with Crippen LogP contribution in [0.3, 0.4) is 0 Å². The number of hydrogen-bond acceptors (Lipinski definition) is 4. The third-order valence-electron chi connectivity index (χ3n) is 3.95. The summed E-state index contributed by atoms with van der Waals surface area (Å²) in [4.78, 5) is 11.8. The van der Waals surface area contributed by atoms with E-state index in [1.54, 1.807) is 0 Å². The first kappa shape index (κ1) is 19.7. The Morgan fingerprint density at radius 2 is 1.81 bits per heavy atom. The van der Waals surface area contributed by atoms with Crippen LogP contribution in [-0.2, 0) is 14.8 Å². The predicted molar refractivity (Wildman–Crippen MR) is 95.3 cm³/mol. The van der Waals surface area contributed by atoms with Gasteiger partial charge in [-0.1, -0.05) is 11.6 Å². The Labute approximate surface area is 159 Å². The Morgan fingerprint density at radius 3 is 2.48 bits per heavy atom.